The fourth-order valence-electron chi connectivity index (χ4n) is 1.66. The lowest BCUT2D eigenvalue weighted by Crippen LogP contribution is -1.98. The highest BCUT2D eigenvalue weighted by molar-refractivity contribution is 7.99. The molecule has 0 fully saturated rings. The topological polar surface area (TPSA) is 35.2 Å². The summed E-state index contributed by atoms with van der Waals surface area (Å²) in [5.74, 6) is 2.10. The van der Waals surface area contributed by atoms with E-state index in [1.807, 2.05) is 24.8 Å². The molecule has 0 radical (unpaired) electrons. The van der Waals surface area contributed by atoms with Crippen LogP contribution < -0.4 is 10.5 Å². The highest BCUT2D eigenvalue weighted by Gasteiger charge is 2.20. The summed E-state index contributed by atoms with van der Waals surface area (Å²) in [5.41, 5.74) is 9.34. The van der Waals surface area contributed by atoms with Gasteiger partial charge in [-0.25, -0.2) is 0 Å². The summed E-state index contributed by atoms with van der Waals surface area (Å²) in [7, 11) is 1.71. The summed E-state index contributed by atoms with van der Waals surface area (Å²) < 4.78 is 5.32. The van der Waals surface area contributed by atoms with Crippen LogP contribution in [0.5, 0.6) is 5.75 Å². The first-order valence-corrected chi connectivity index (χ1v) is 5.31. The van der Waals surface area contributed by atoms with Gasteiger partial charge in [-0.3, -0.25) is 0 Å². The van der Waals surface area contributed by atoms with Gasteiger partial charge in [-0.2, -0.15) is 0 Å². The molecule has 3 heteroatoms. The summed E-state index contributed by atoms with van der Waals surface area (Å²) >= 11 is 1.84. The lowest BCUT2D eigenvalue weighted by molar-refractivity contribution is 0.404. The molecule has 0 saturated carbocycles. The number of anilines is 1. The molecular formula is C10H13NOS. The van der Waals surface area contributed by atoms with Crippen molar-refractivity contribution in [2.75, 3.05) is 18.6 Å². The molecule has 1 heterocycles. The van der Waals surface area contributed by atoms with Gasteiger partial charge in [0.15, 0.2) is 0 Å². The maximum Gasteiger partial charge on any atom is 0.133 e. The van der Waals surface area contributed by atoms with Crippen LogP contribution >= 0.6 is 11.8 Å². The number of nitrogen functional groups attached to an aromatic ring is 1. The van der Waals surface area contributed by atoms with Gasteiger partial charge in [-0.15, -0.1) is 11.8 Å². The Kier molecular flexibility index (Phi) is 2.12. The summed E-state index contributed by atoms with van der Waals surface area (Å²) in [5, 5.41) is 0. The third-order valence-corrected chi connectivity index (χ3v) is 3.56. The molecule has 0 amide bonds. The molecule has 0 spiro atoms. The summed E-state index contributed by atoms with van der Waals surface area (Å²) in [6.07, 6.45) is 1.07. The summed E-state index contributed by atoms with van der Waals surface area (Å²) in [6, 6.07) is 2.02. The van der Waals surface area contributed by atoms with Gasteiger partial charge in [-0.1, -0.05) is 0 Å². The molecule has 0 atom stereocenters. The lowest BCUT2D eigenvalue weighted by Gasteiger charge is -2.11. The van der Waals surface area contributed by atoms with Gasteiger partial charge < -0.3 is 10.5 Å². The predicted octanol–water partition coefficient (Wildman–Crippen LogP) is 2.23. The zero-order valence-electron chi connectivity index (χ0n) is 7.89. The molecule has 70 valence electrons. The molecule has 0 unspecified atom stereocenters. The number of aryl methyl sites for hydroxylation is 1. The minimum Gasteiger partial charge on any atom is -0.496 e. The molecule has 1 aliphatic heterocycles. The normalized spacial score (nSPS) is 14.3. The fraction of sp³-hybridized carbons (Fsp3) is 0.400. The Morgan fingerprint density at radius 3 is 3.00 bits per heavy atom. The fourth-order valence-corrected chi connectivity index (χ4v) is 2.84. The van der Waals surface area contributed by atoms with Crippen LogP contribution in [0.1, 0.15) is 11.1 Å². The van der Waals surface area contributed by atoms with Gasteiger partial charge in [0.05, 0.1) is 12.0 Å². The Morgan fingerprint density at radius 2 is 2.31 bits per heavy atom. The third-order valence-electron chi connectivity index (χ3n) is 2.41. The zero-order chi connectivity index (χ0) is 9.42. The Balaban J connectivity index is 2.64. The molecule has 1 aromatic carbocycles. The van der Waals surface area contributed by atoms with E-state index in [-0.39, 0.29) is 0 Å². The van der Waals surface area contributed by atoms with Crippen molar-refractivity contribution in [2.45, 2.75) is 18.2 Å². The van der Waals surface area contributed by atoms with Crippen LogP contribution in [0.4, 0.5) is 5.69 Å². The van der Waals surface area contributed by atoms with Crippen molar-refractivity contribution in [1.82, 2.24) is 0 Å². The minimum atomic E-state index is 0.945. The molecular weight excluding hydrogens is 182 g/mol. The van der Waals surface area contributed by atoms with E-state index in [1.54, 1.807) is 7.11 Å². The minimum absolute atomic E-state index is 0.945. The highest BCUT2D eigenvalue weighted by Crippen LogP contribution is 2.43. The molecule has 1 aromatic rings. The van der Waals surface area contributed by atoms with E-state index in [0.717, 1.165) is 29.2 Å². The number of rotatable bonds is 1. The van der Waals surface area contributed by atoms with Crippen molar-refractivity contribution >= 4 is 17.4 Å². The van der Waals surface area contributed by atoms with Gasteiger partial charge in [0.2, 0.25) is 0 Å². The monoisotopic (exact) mass is 195 g/mol. The second-order valence-electron chi connectivity index (χ2n) is 3.22. The molecule has 0 saturated heterocycles. The van der Waals surface area contributed by atoms with Crippen molar-refractivity contribution in [3.63, 3.8) is 0 Å². The zero-order valence-corrected chi connectivity index (χ0v) is 8.70. The van der Waals surface area contributed by atoms with Crippen molar-refractivity contribution in [3.05, 3.63) is 17.2 Å². The number of ether oxygens (including phenoxy) is 1. The van der Waals surface area contributed by atoms with Crippen molar-refractivity contribution in [1.29, 1.82) is 0 Å². The Bertz CT molecular complexity index is 349. The first-order chi connectivity index (χ1) is 6.24. The molecule has 2 nitrogen and oxygen atoms in total. The van der Waals surface area contributed by atoms with Gasteiger partial charge >= 0.3 is 0 Å². The number of hydrogen-bond donors (Lipinski definition) is 1. The molecule has 0 aliphatic carbocycles. The number of benzene rings is 1. The van der Waals surface area contributed by atoms with Crippen LogP contribution in [0, 0.1) is 6.92 Å². The molecule has 2 N–H and O–H groups in total. The van der Waals surface area contributed by atoms with E-state index in [9.17, 15) is 0 Å². The van der Waals surface area contributed by atoms with Crippen LogP contribution in [0.25, 0.3) is 0 Å². The van der Waals surface area contributed by atoms with E-state index in [1.165, 1.54) is 10.5 Å². The number of hydrogen-bond acceptors (Lipinski definition) is 3. The van der Waals surface area contributed by atoms with Crippen molar-refractivity contribution in [2.24, 2.45) is 0 Å². The second kappa shape index (κ2) is 3.14. The Hall–Kier alpha value is -0.830. The van der Waals surface area contributed by atoms with Crippen LogP contribution in [0.3, 0.4) is 0 Å². The van der Waals surface area contributed by atoms with Gasteiger partial charge in [0, 0.05) is 11.4 Å². The molecule has 0 aromatic heterocycles. The van der Waals surface area contributed by atoms with Gasteiger partial charge in [0.25, 0.3) is 0 Å². The van der Waals surface area contributed by atoms with Crippen LogP contribution in [-0.2, 0) is 6.42 Å². The first kappa shape index (κ1) is 8.75. The average Bonchev–Trinajstić information content (AvgIpc) is 2.60. The largest absolute Gasteiger partial charge is 0.496 e. The Labute approximate surface area is 82.5 Å². The van der Waals surface area contributed by atoms with Crippen LogP contribution in [0.2, 0.25) is 0 Å². The number of methoxy groups -OCH3 is 1. The molecule has 2 rings (SSSR count). The second-order valence-corrected chi connectivity index (χ2v) is 4.32. The van der Waals surface area contributed by atoms with E-state index < -0.39 is 0 Å². The van der Waals surface area contributed by atoms with Gasteiger partial charge in [-0.05, 0) is 30.5 Å². The lowest BCUT2D eigenvalue weighted by atomic mass is 10.1. The quantitative estimate of drug-likeness (QED) is 0.698. The predicted molar refractivity (Wildman–Crippen MR) is 56.6 cm³/mol. The Morgan fingerprint density at radius 1 is 1.54 bits per heavy atom. The smallest absolute Gasteiger partial charge is 0.133 e. The maximum atomic E-state index is 5.99. The molecule has 1 aliphatic rings. The highest BCUT2D eigenvalue weighted by atomic mass is 32.2. The van der Waals surface area contributed by atoms with Crippen molar-refractivity contribution in [3.8, 4) is 5.75 Å². The third kappa shape index (κ3) is 1.27. The number of fused-ring (bicyclic) bond motifs is 1. The van der Waals surface area contributed by atoms with E-state index in [4.69, 9.17) is 10.5 Å². The molecule has 0 bridgehead atoms. The van der Waals surface area contributed by atoms with Crippen LogP contribution in [0.15, 0.2) is 11.0 Å². The van der Waals surface area contributed by atoms with E-state index >= 15 is 0 Å². The SMILES string of the molecule is COc1cc(C)c(N)c2c1SCC2. The maximum absolute atomic E-state index is 5.99. The summed E-state index contributed by atoms with van der Waals surface area (Å²) in [4.78, 5) is 1.24. The van der Waals surface area contributed by atoms with Gasteiger partial charge in [0.1, 0.15) is 5.75 Å². The average molecular weight is 195 g/mol. The number of thioether (sulfide) groups is 1. The number of nitrogens with two attached hydrogens (primary N) is 1. The van der Waals surface area contributed by atoms with E-state index in [2.05, 4.69) is 0 Å². The standard InChI is InChI=1S/C10H13NOS/c1-6-5-8(12-2)10-7(9(6)11)3-4-13-10/h5H,3-4,11H2,1-2H3. The van der Waals surface area contributed by atoms with E-state index in [0.29, 0.717) is 0 Å². The van der Waals surface area contributed by atoms with Crippen LogP contribution in [-0.4, -0.2) is 12.9 Å². The first-order valence-electron chi connectivity index (χ1n) is 4.32. The molecule has 13 heavy (non-hydrogen) atoms. The van der Waals surface area contributed by atoms with Crippen molar-refractivity contribution < 1.29 is 4.74 Å². The summed E-state index contributed by atoms with van der Waals surface area (Å²) in [6.45, 7) is 2.03.